The van der Waals surface area contributed by atoms with Gasteiger partial charge in [0.2, 0.25) is 5.91 Å². The number of hydrogen-bond acceptors (Lipinski definition) is 8. The van der Waals surface area contributed by atoms with Gasteiger partial charge in [-0.1, -0.05) is 29.3 Å². The number of piperazine rings is 1. The van der Waals surface area contributed by atoms with Gasteiger partial charge in [-0.25, -0.2) is 0 Å². The first-order valence-electron chi connectivity index (χ1n) is 13.0. The molecule has 1 amide bonds. The summed E-state index contributed by atoms with van der Waals surface area (Å²) in [6.45, 7) is 4.78. The van der Waals surface area contributed by atoms with Crippen LogP contribution in [0.2, 0.25) is 10.0 Å². The minimum Gasteiger partial charge on any atom is -0.457 e. The quantitative estimate of drug-likeness (QED) is 0.173. The van der Waals surface area contributed by atoms with Crippen molar-refractivity contribution in [2.24, 2.45) is 0 Å². The average molecular weight is 617 g/mol. The van der Waals surface area contributed by atoms with Crippen molar-refractivity contribution in [1.82, 2.24) is 10.2 Å². The molecule has 2 aliphatic rings. The summed E-state index contributed by atoms with van der Waals surface area (Å²) in [5, 5.41) is 15.5. The highest BCUT2D eigenvalue weighted by Crippen LogP contribution is 2.35. The molecule has 10 nitrogen and oxygen atoms in total. The van der Waals surface area contributed by atoms with Crippen molar-refractivity contribution in [2.45, 2.75) is 0 Å². The van der Waals surface area contributed by atoms with Crippen molar-refractivity contribution in [3.8, 4) is 11.3 Å². The highest BCUT2D eigenvalue weighted by Gasteiger charge is 2.25. The molecule has 5 rings (SSSR count). The second-order valence-electron chi connectivity index (χ2n) is 9.43. The number of nitro benzene ring substituents is 1. The van der Waals surface area contributed by atoms with E-state index in [9.17, 15) is 14.9 Å². The molecule has 1 N–H and O–H groups in total. The smallest absolute Gasteiger partial charge is 0.292 e. The number of furan rings is 1. The summed E-state index contributed by atoms with van der Waals surface area (Å²) >= 11 is 17.8. The molecule has 2 saturated heterocycles. The molecule has 0 aliphatic carbocycles. The first-order valence-corrected chi connectivity index (χ1v) is 14.1. The van der Waals surface area contributed by atoms with Crippen LogP contribution in [0.4, 0.5) is 17.1 Å². The van der Waals surface area contributed by atoms with Crippen LogP contribution >= 0.6 is 35.4 Å². The van der Waals surface area contributed by atoms with E-state index in [1.807, 2.05) is 15.9 Å². The van der Waals surface area contributed by atoms with Crippen LogP contribution in [0.25, 0.3) is 17.4 Å². The van der Waals surface area contributed by atoms with Crippen molar-refractivity contribution in [3.63, 3.8) is 0 Å². The van der Waals surface area contributed by atoms with E-state index >= 15 is 0 Å². The fourth-order valence-corrected chi connectivity index (χ4v) is 5.43. The van der Waals surface area contributed by atoms with Gasteiger partial charge >= 0.3 is 0 Å². The fraction of sp³-hybridized carbons (Fsp3) is 0.286. The highest BCUT2D eigenvalue weighted by molar-refractivity contribution is 7.80. The summed E-state index contributed by atoms with van der Waals surface area (Å²) < 4.78 is 11.2. The predicted octanol–water partition coefficient (Wildman–Crippen LogP) is 5.23. The Balaban J connectivity index is 1.15. The van der Waals surface area contributed by atoms with E-state index < -0.39 is 0 Å². The molecule has 0 bridgehead atoms. The zero-order valence-corrected chi connectivity index (χ0v) is 24.3. The van der Waals surface area contributed by atoms with Gasteiger partial charge in [0.25, 0.3) is 5.69 Å². The second kappa shape index (κ2) is 12.9. The molecular formula is C28H27Cl2N5O5S. The number of rotatable bonds is 6. The number of hydrogen-bond donors (Lipinski definition) is 1. The number of nitro groups is 1. The molecule has 3 heterocycles. The standard InChI is InChI=1S/C28H27Cl2N5O5S/c29-22-3-1-2-21(27(22)30)25-8-5-20(40-25)6-9-26(36)31-28(41)34-12-10-32(11-13-34)19-4-7-23(35(37)38)24(18-19)33-14-16-39-17-15-33/h1-9,18H,10-17H2,(H,31,36,41)/b9-6+. The number of halogens is 2. The van der Waals surface area contributed by atoms with Crippen LogP contribution in [0, 0.1) is 10.1 Å². The van der Waals surface area contributed by atoms with Gasteiger partial charge in [-0.15, -0.1) is 0 Å². The summed E-state index contributed by atoms with van der Waals surface area (Å²) in [6.07, 6.45) is 2.91. The monoisotopic (exact) mass is 615 g/mol. The van der Waals surface area contributed by atoms with E-state index in [0.717, 1.165) is 5.69 Å². The number of ether oxygens (including phenoxy) is 1. The molecule has 0 saturated carbocycles. The first kappa shape index (κ1) is 28.9. The molecule has 41 heavy (non-hydrogen) atoms. The van der Waals surface area contributed by atoms with Gasteiger partial charge in [-0.05, 0) is 54.7 Å². The van der Waals surface area contributed by atoms with Crippen molar-refractivity contribution < 1.29 is 18.9 Å². The van der Waals surface area contributed by atoms with Gasteiger partial charge in [0.1, 0.15) is 17.2 Å². The van der Waals surface area contributed by atoms with Crippen LogP contribution in [0.5, 0.6) is 0 Å². The lowest BCUT2D eigenvalue weighted by Crippen LogP contribution is -2.52. The zero-order valence-electron chi connectivity index (χ0n) is 21.9. The highest BCUT2D eigenvalue weighted by atomic mass is 35.5. The summed E-state index contributed by atoms with van der Waals surface area (Å²) in [7, 11) is 0. The van der Waals surface area contributed by atoms with E-state index in [0.29, 0.717) is 90.4 Å². The topological polar surface area (TPSA) is 104 Å². The minimum atomic E-state index is -0.373. The van der Waals surface area contributed by atoms with Gasteiger partial charge < -0.3 is 23.9 Å². The zero-order chi connectivity index (χ0) is 28.9. The molecular weight excluding hydrogens is 589 g/mol. The number of carbonyl (C=O) groups is 1. The predicted molar refractivity (Wildman–Crippen MR) is 164 cm³/mol. The van der Waals surface area contributed by atoms with E-state index in [4.69, 9.17) is 44.6 Å². The van der Waals surface area contributed by atoms with Crippen LogP contribution < -0.4 is 15.1 Å². The normalized spacial score (nSPS) is 15.8. The second-order valence-corrected chi connectivity index (χ2v) is 10.6. The maximum Gasteiger partial charge on any atom is 0.292 e. The first-order chi connectivity index (χ1) is 19.8. The fourth-order valence-electron chi connectivity index (χ4n) is 4.75. The Kier molecular flexibility index (Phi) is 9.09. The molecule has 0 spiro atoms. The van der Waals surface area contributed by atoms with Crippen LogP contribution in [0.1, 0.15) is 5.76 Å². The molecule has 0 unspecified atom stereocenters. The Hall–Kier alpha value is -3.64. The Bertz CT molecular complexity index is 1480. The number of carbonyl (C=O) groups excluding carboxylic acids is 1. The third kappa shape index (κ3) is 6.82. The molecule has 2 fully saturated rings. The maximum atomic E-state index is 12.5. The van der Waals surface area contributed by atoms with Gasteiger partial charge in [0.15, 0.2) is 5.11 Å². The number of thiocarbonyl (C=S) groups is 1. The lowest BCUT2D eigenvalue weighted by molar-refractivity contribution is -0.384. The summed E-state index contributed by atoms with van der Waals surface area (Å²) in [4.78, 5) is 29.9. The Morgan fingerprint density at radius 1 is 1.00 bits per heavy atom. The number of benzene rings is 2. The summed E-state index contributed by atoms with van der Waals surface area (Å²) in [5.74, 6) is 0.642. The molecule has 3 aromatic rings. The number of morpholine rings is 1. The summed E-state index contributed by atoms with van der Waals surface area (Å²) in [5.41, 5.74) is 2.26. The van der Waals surface area contributed by atoms with E-state index in [1.165, 1.54) is 6.08 Å². The van der Waals surface area contributed by atoms with Crippen LogP contribution in [0.15, 0.2) is 59.0 Å². The number of anilines is 2. The number of nitrogens with one attached hydrogen (secondary N) is 1. The van der Waals surface area contributed by atoms with E-state index in [2.05, 4.69) is 10.2 Å². The molecule has 13 heteroatoms. The van der Waals surface area contributed by atoms with Crippen molar-refractivity contribution in [2.75, 3.05) is 62.3 Å². The molecule has 0 radical (unpaired) electrons. The van der Waals surface area contributed by atoms with Gasteiger partial charge in [0.05, 0.1) is 28.2 Å². The Morgan fingerprint density at radius 3 is 2.49 bits per heavy atom. The van der Waals surface area contributed by atoms with Gasteiger partial charge in [-0.2, -0.15) is 0 Å². The lowest BCUT2D eigenvalue weighted by atomic mass is 10.1. The Morgan fingerprint density at radius 2 is 1.76 bits per heavy atom. The maximum absolute atomic E-state index is 12.5. The van der Waals surface area contributed by atoms with Crippen LogP contribution in [-0.2, 0) is 9.53 Å². The third-order valence-corrected chi connectivity index (χ3v) is 8.09. The molecule has 214 valence electrons. The SMILES string of the molecule is O=C(/C=C/c1ccc(-c2cccc(Cl)c2Cl)o1)NC(=S)N1CCN(c2ccc([N+](=O)[O-])c(N3CCOCC3)c2)CC1. The Labute approximate surface area is 252 Å². The van der Waals surface area contributed by atoms with Crippen molar-refractivity contribution >= 4 is 69.6 Å². The molecule has 2 aromatic carbocycles. The molecule has 1 aromatic heterocycles. The molecule has 2 aliphatic heterocycles. The molecule has 0 atom stereocenters. The van der Waals surface area contributed by atoms with Gasteiger partial charge in [-0.3, -0.25) is 20.2 Å². The lowest BCUT2D eigenvalue weighted by Gasteiger charge is -2.37. The number of nitrogens with zero attached hydrogens (tertiary/aromatic N) is 4. The van der Waals surface area contributed by atoms with E-state index in [-0.39, 0.29) is 16.5 Å². The van der Waals surface area contributed by atoms with Gasteiger partial charge in [0, 0.05) is 62.7 Å². The van der Waals surface area contributed by atoms with Crippen LogP contribution in [-0.4, -0.2) is 73.3 Å². The minimum absolute atomic E-state index is 0.0882. The largest absolute Gasteiger partial charge is 0.457 e. The third-order valence-electron chi connectivity index (χ3n) is 6.91. The van der Waals surface area contributed by atoms with Crippen molar-refractivity contribution in [3.05, 3.63) is 80.5 Å². The summed E-state index contributed by atoms with van der Waals surface area (Å²) in [6, 6.07) is 14.0. The van der Waals surface area contributed by atoms with Crippen LogP contribution in [0.3, 0.4) is 0 Å². The number of amides is 1. The van der Waals surface area contributed by atoms with E-state index in [1.54, 1.807) is 48.5 Å². The average Bonchev–Trinajstić information content (AvgIpc) is 3.46. The van der Waals surface area contributed by atoms with Crippen molar-refractivity contribution in [1.29, 1.82) is 0 Å².